The molecule has 1 rings (SSSR count). The summed E-state index contributed by atoms with van der Waals surface area (Å²) < 4.78 is 25.9. The Labute approximate surface area is 88.6 Å². The van der Waals surface area contributed by atoms with E-state index >= 15 is 0 Å². The summed E-state index contributed by atoms with van der Waals surface area (Å²) in [5, 5.41) is 0. The summed E-state index contributed by atoms with van der Waals surface area (Å²) in [5.74, 6) is 0. The van der Waals surface area contributed by atoms with E-state index in [-0.39, 0.29) is 10.5 Å². The van der Waals surface area contributed by atoms with Crippen LogP contribution in [0.3, 0.4) is 0 Å². The highest BCUT2D eigenvalue weighted by molar-refractivity contribution is 7.89. The number of hydrogen-bond acceptors (Lipinski definition) is 3. The fourth-order valence-electron chi connectivity index (χ4n) is 1.03. The molecule has 0 saturated carbocycles. The van der Waals surface area contributed by atoms with E-state index in [2.05, 4.69) is 9.71 Å². The Morgan fingerprint density at radius 2 is 1.87 bits per heavy atom. The van der Waals surface area contributed by atoms with Crippen LogP contribution in [0.4, 0.5) is 0 Å². The van der Waals surface area contributed by atoms with Crippen molar-refractivity contribution in [3.63, 3.8) is 0 Å². The first kappa shape index (κ1) is 11.9. The minimum Gasteiger partial charge on any atom is -0.328 e. The maximum Gasteiger partial charge on any atom is 0.247 e. The second kappa shape index (κ2) is 3.79. The van der Waals surface area contributed by atoms with E-state index in [1.165, 1.54) is 18.3 Å². The zero-order valence-corrected chi connectivity index (χ0v) is 9.68. The zero-order chi connectivity index (χ0) is 11.7. The topological polar surface area (TPSA) is 79.0 Å². The van der Waals surface area contributed by atoms with Crippen LogP contribution in [0, 0.1) is 0 Å². The van der Waals surface area contributed by atoms with E-state index in [1.54, 1.807) is 20.8 Å². The molecule has 0 fully saturated rings. The highest BCUT2D eigenvalue weighted by Crippen LogP contribution is 2.09. The molecule has 0 radical (unpaired) electrons. The average Bonchev–Trinajstić information content (AvgIpc) is 2.00. The predicted molar refractivity (Wildman–Crippen MR) is 57.1 cm³/mol. The lowest BCUT2D eigenvalue weighted by Gasteiger charge is -2.20. The van der Waals surface area contributed by atoms with Gasteiger partial charge in [-0.3, -0.25) is 4.79 Å². The van der Waals surface area contributed by atoms with Gasteiger partial charge in [-0.2, -0.15) is 0 Å². The average molecular weight is 230 g/mol. The van der Waals surface area contributed by atoms with E-state index in [0.29, 0.717) is 0 Å². The highest BCUT2D eigenvalue weighted by Gasteiger charge is 2.21. The summed E-state index contributed by atoms with van der Waals surface area (Å²) in [7, 11) is -3.55. The zero-order valence-electron chi connectivity index (χ0n) is 8.87. The van der Waals surface area contributed by atoms with Crippen molar-refractivity contribution in [1.82, 2.24) is 9.71 Å². The number of pyridine rings is 1. The Balaban J connectivity index is 3.07. The van der Waals surface area contributed by atoms with E-state index < -0.39 is 15.6 Å². The molecule has 6 heteroatoms. The van der Waals surface area contributed by atoms with Crippen molar-refractivity contribution >= 4 is 10.0 Å². The maximum atomic E-state index is 11.7. The molecule has 0 spiro atoms. The molecule has 1 heterocycles. The van der Waals surface area contributed by atoms with Crippen LogP contribution in [0.25, 0.3) is 0 Å². The molecular weight excluding hydrogens is 216 g/mol. The number of hydrogen-bond donors (Lipinski definition) is 2. The number of H-pyrrole nitrogens is 1. The van der Waals surface area contributed by atoms with Crippen LogP contribution in [-0.2, 0) is 10.0 Å². The first-order chi connectivity index (χ1) is 6.71. The fourth-order valence-corrected chi connectivity index (χ4v) is 2.41. The molecule has 15 heavy (non-hydrogen) atoms. The Morgan fingerprint density at radius 3 is 2.27 bits per heavy atom. The third-order valence-electron chi connectivity index (χ3n) is 1.51. The number of sulfonamides is 1. The third kappa shape index (κ3) is 3.49. The van der Waals surface area contributed by atoms with Crippen LogP contribution in [0.5, 0.6) is 0 Å². The molecule has 0 atom stereocenters. The lowest BCUT2D eigenvalue weighted by atomic mass is 10.1. The molecule has 84 valence electrons. The van der Waals surface area contributed by atoms with Crippen molar-refractivity contribution in [1.29, 1.82) is 0 Å². The molecule has 0 unspecified atom stereocenters. The van der Waals surface area contributed by atoms with Gasteiger partial charge in [0.15, 0.2) is 0 Å². The summed E-state index contributed by atoms with van der Waals surface area (Å²) in [5.41, 5.74) is -0.876. The van der Waals surface area contributed by atoms with E-state index in [0.717, 1.165) is 0 Å². The van der Waals surface area contributed by atoms with Gasteiger partial charge in [-0.15, -0.1) is 0 Å². The van der Waals surface area contributed by atoms with Crippen molar-refractivity contribution < 1.29 is 8.42 Å². The van der Waals surface area contributed by atoms with E-state index in [1.807, 2.05) is 0 Å². The van der Waals surface area contributed by atoms with Crippen molar-refractivity contribution in [3.05, 3.63) is 28.7 Å². The monoisotopic (exact) mass is 230 g/mol. The van der Waals surface area contributed by atoms with Gasteiger partial charge in [-0.25, -0.2) is 13.1 Å². The maximum absolute atomic E-state index is 11.7. The van der Waals surface area contributed by atoms with Gasteiger partial charge >= 0.3 is 0 Å². The summed E-state index contributed by atoms with van der Waals surface area (Å²) >= 11 is 0. The highest BCUT2D eigenvalue weighted by atomic mass is 32.2. The molecule has 1 aromatic rings. The molecule has 0 aliphatic rings. The predicted octanol–water partition coefficient (Wildman–Crippen LogP) is 0.452. The Hall–Kier alpha value is -1.14. The SMILES string of the molecule is CC(C)(C)NS(=O)(=O)c1ccc(=O)[nH]c1. The second-order valence-electron chi connectivity index (χ2n) is 4.24. The molecule has 0 amide bonds. The molecule has 1 aromatic heterocycles. The second-order valence-corrected chi connectivity index (χ2v) is 5.93. The molecule has 0 bridgehead atoms. The number of aromatic amines is 1. The number of nitrogens with one attached hydrogen (secondary N) is 2. The van der Waals surface area contributed by atoms with Crippen LogP contribution in [0.15, 0.2) is 28.0 Å². The van der Waals surface area contributed by atoms with Crippen molar-refractivity contribution in [2.24, 2.45) is 0 Å². The summed E-state index contributed by atoms with van der Waals surface area (Å²) in [4.78, 5) is 13.1. The van der Waals surface area contributed by atoms with Crippen molar-refractivity contribution in [2.45, 2.75) is 31.2 Å². The normalized spacial score (nSPS) is 12.7. The van der Waals surface area contributed by atoms with Gasteiger partial charge in [-0.05, 0) is 26.8 Å². The Kier molecular flexibility index (Phi) is 3.01. The van der Waals surface area contributed by atoms with Gasteiger partial charge in [0.25, 0.3) is 0 Å². The summed E-state index contributed by atoms with van der Waals surface area (Å²) in [6.45, 7) is 5.24. The third-order valence-corrected chi connectivity index (χ3v) is 3.26. The van der Waals surface area contributed by atoms with Crippen LogP contribution in [0.1, 0.15) is 20.8 Å². The van der Waals surface area contributed by atoms with Crippen LogP contribution in [0.2, 0.25) is 0 Å². The van der Waals surface area contributed by atoms with Gasteiger partial charge in [0, 0.05) is 17.8 Å². The van der Waals surface area contributed by atoms with Gasteiger partial charge in [0.1, 0.15) is 0 Å². The van der Waals surface area contributed by atoms with Gasteiger partial charge in [0.2, 0.25) is 15.6 Å². The number of rotatable bonds is 2. The molecule has 0 aliphatic carbocycles. The van der Waals surface area contributed by atoms with Crippen LogP contribution < -0.4 is 10.3 Å². The van der Waals surface area contributed by atoms with Crippen molar-refractivity contribution in [2.75, 3.05) is 0 Å². The quantitative estimate of drug-likeness (QED) is 0.774. The lowest BCUT2D eigenvalue weighted by Crippen LogP contribution is -2.40. The molecule has 0 aromatic carbocycles. The van der Waals surface area contributed by atoms with Crippen LogP contribution in [-0.4, -0.2) is 18.9 Å². The lowest BCUT2D eigenvalue weighted by molar-refractivity contribution is 0.491. The first-order valence-corrected chi connectivity index (χ1v) is 5.92. The smallest absolute Gasteiger partial charge is 0.247 e. The van der Waals surface area contributed by atoms with E-state index in [9.17, 15) is 13.2 Å². The minimum absolute atomic E-state index is 0.0528. The van der Waals surface area contributed by atoms with E-state index in [4.69, 9.17) is 0 Å². The molecular formula is C9H14N2O3S. The Morgan fingerprint density at radius 1 is 1.27 bits per heavy atom. The minimum atomic E-state index is -3.55. The van der Waals surface area contributed by atoms with Gasteiger partial charge in [-0.1, -0.05) is 0 Å². The summed E-state index contributed by atoms with van der Waals surface area (Å²) in [6, 6.07) is 2.45. The fraction of sp³-hybridized carbons (Fsp3) is 0.444. The Bertz CT molecular complexity index is 476. The molecule has 2 N–H and O–H groups in total. The van der Waals surface area contributed by atoms with Gasteiger partial charge in [0.05, 0.1) is 4.90 Å². The standard InChI is InChI=1S/C9H14N2O3S/c1-9(2,3)11-15(13,14)7-4-5-8(12)10-6-7/h4-6,11H,1-3H3,(H,10,12). The molecule has 0 saturated heterocycles. The largest absolute Gasteiger partial charge is 0.328 e. The summed E-state index contributed by atoms with van der Waals surface area (Å²) in [6.07, 6.45) is 1.18. The van der Waals surface area contributed by atoms with Crippen molar-refractivity contribution in [3.8, 4) is 0 Å². The number of aromatic nitrogens is 1. The van der Waals surface area contributed by atoms with Crippen LogP contribution >= 0.6 is 0 Å². The first-order valence-electron chi connectivity index (χ1n) is 4.43. The molecule has 5 nitrogen and oxygen atoms in total. The van der Waals surface area contributed by atoms with Gasteiger partial charge < -0.3 is 4.98 Å². The molecule has 0 aliphatic heterocycles.